The minimum absolute atomic E-state index is 0.0871. The number of aromatic nitrogens is 4. The van der Waals surface area contributed by atoms with Crippen LogP contribution in [0, 0.1) is 0 Å². The van der Waals surface area contributed by atoms with Gasteiger partial charge in [0.25, 0.3) is 0 Å². The molecule has 0 spiro atoms. The number of hydrogen-bond acceptors (Lipinski definition) is 25. The van der Waals surface area contributed by atoms with Crippen LogP contribution in [0.15, 0.2) is 97.7 Å². The van der Waals surface area contributed by atoms with Crippen molar-refractivity contribution < 1.29 is 122 Å². The molecule has 3 aromatic carbocycles. The predicted octanol–water partition coefficient (Wildman–Crippen LogP) is -4.43. The Morgan fingerprint density at radius 3 is 1.77 bits per heavy atom. The van der Waals surface area contributed by atoms with E-state index in [0.29, 0.717) is 57.5 Å². The largest absolute Gasteiger partial charge is 0.508 e. The summed E-state index contributed by atoms with van der Waals surface area (Å²) in [5.74, 6) is -21.9. The Balaban J connectivity index is 1.11. The highest BCUT2D eigenvalue weighted by Crippen LogP contribution is 2.29. The van der Waals surface area contributed by atoms with Crippen molar-refractivity contribution in [1.29, 1.82) is 0 Å². The Kier molecular flexibility index (Phi) is 39.3. The second-order valence-corrected chi connectivity index (χ2v) is 35.2. The number of aliphatic hydroxyl groups excluding tert-OH is 3. The van der Waals surface area contributed by atoms with Crippen molar-refractivity contribution in [3.05, 3.63) is 120 Å². The number of aromatic amines is 2. The molecule has 6 aromatic rings. The lowest BCUT2D eigenvalue weighted by atomic mass is 10.00. The number of thioether (sulfide) groups is 1. The van der Waals surface area contributed by atoms with Crippen molar-refractivity contribution in [3.63, 3.8) is 0 Å². The Bertz CT molecular complexity index is 5360. The van der Waals surface area contributed by atoms with Gasteiger partial charge in [0.05, 0.1) is 37.8 Å². The van der Waals surface area contributed by atoms with Crippen molar-refractivity contribution >= 4 is 146 Å². The predicted molar refractivity (Wildman–Crippen MR) is 491 cm³/mol. The second kappa shape index (κ2) is 50.5. The number of hydrogen-bond donors (Lipinski definition) is 20. The summed E-state index contributed by atoms with van der Waals surface area (Å²) in [6.45, 7) is 0.646. The monoisotopic (exact) mass is 1930 g/mol. The summed E-state index contributed by atoms with van der Waals surface area (Å²) in [5.41, 5.74) is 13.2. The van der Waals surface area contributed by atoms with Crippen molar-refractivity contribution in [1.82, 2.24) is 97.2 Å². The molecule has 6 heterocycles. The number of imidazole rings is 1. The van der Waals surface area contributed by atoms with Crippen LogP contribution in [0.4, 0.5) is 0 Å². The zero-order valence-corrected chi connectivity index (χ0v) is 77.5. The number of fused-ring (bicyclic) bond motifs is 4. The molecule has 9 rings (SSSR count). The zero-order chi connectivity index (χ0) is 100. The number of benzene rings is 3. The summed E-state index contributed by atoms with van der Waals surface area (Å²) in [6, 6.07) is -5.02. The Hall–Kier alpha value is -14.1. The van der Waals surface area contributed by atoms with E-state index in [0.717, 1.165) is 31.5 Å². The number of unbranched alkanes of at least 4 members (excludes halogenated alkanes) is 2. The van der Waals surface area contributed by atoms with E-state index in [4.69, 9.17) is 11.5 Å². The summed E-state index contributed by atoms with van der Waals surface area (Å²) >= 11 is 0.708. The number of H-pyrrole nitrogens is 2. The van der Waals surface area contributed by atoms with Crippen molar-refractivity contribution in [2.45, 2.75) is 227 Å². The molecule has 3 aliphatic heterocycles. The summed E-state index contributed by atoms with van der Waals surface area (Å²) in [6.07, 6.45) is 0.295. The lowest BCUT2D eigenvalue weighted by molar-refractivity contribution is -0.149. The maximum Gasteiger partial charge on any atom is 0.323 e. The molecule has 0 unspecified atom stereocenters. The SMILES string of the molecule is CCCC[C@H]1C(=O)N(C)[C@@H](CCCC)C(=O)N[C@@H](CCO)C(=O)N[C@H](C(=O)NCC(N)=O)CSCC(=O)N[C@@H](Cc2ccc(O)cc2)C(=O)N(C)[C@@H](C)C(=O)N[C@H](CC(=O)O)C(=O)N2CCC[C@H]2C(=O)N[C@@H](Cc2cnc[nH]2)C(=O)N[C@@H](CCC(N)=O)C(=O)N2C[C@H](O)C[C@H]2C(=O)N[C@@H](Cc2c[nH]c3ccccc23)C(=O)N[C@@H](CO)C(=O)N[C@@H](Cc2cn(CC(=O)O)c3ccccc23)C(=O)N1C. The minimum Gasteiger partial charge on any atom is -0.508 e. The lowest BCUT2D eigenvalue weighted by Gasteiger charge is -2.36. The Morgan fingerprint density at radius 1 is 0.547 bits per heavy atom. The Labute approximate surface area is 791 Å². The molecule has 17 amide bonds. The van der Waals surface area contributed by atoms with Gasteiger partial charge in [0.15, 0.2) is 0 Å². The normalized spacial score (nSPS) is 24.5. The number of carboxylic acid groups (broad SMARTS) is 2. The van der Waals surface area contributed by atoms with Gasteiger partial charge in [0.1, 0.15) is 96.9 Å². The van der Waals surface area contributed by atoms with Gasteiger partial charge in [-0.05, 0) is 86.4 Å². The summed E-state index contributed by atoms with van der Waals surface area (Å²) in [4.78, 5) is 289. The van der Waals surface area contributed by atoms with Gasteiger partial charge < -0.3 is 134 Å². The van der Waals surface area contributed by atoms with Crippen LogP contribution in [0.25, 0.3) is 21.8 Å². The first-order valence-electron chi connectivity index (χ1n) is 45.0. The highest BCUT2D eigenvalue weighted by Gasteiger charge is 2.47. The molecule has 22 N–H and O–H groups in total. The first-order chi connectivity index (χ1) is 65.2. The van der Waals surface area contributed by atoms with Crippen LogP contribution in [-0.2, 0) is 123 Å². The maximum atomic E-state index is 15.8. The fourth-order valence-corrected chi connectivity index (χ4v) is 17.5. The fourth-order valence-electron chi connectivity index (χ4n) is 16.7. The standard InChI is InChI=1S/C90H121N21O25S/c1-7-9-19-68-83(129)98-58(29-31-112)79(125)105-66(78(124)95-40-73(92)117)45-137-46-74(118)97-62(32-49-23-25-53(114)26-24-49)86(132)106(4)48(3)77(123)102-64(37-75(119)120)89(135)110-30-15-22-69(110)84(130)101-61(35-52-39-93-47-96-52)81(127)99-59(27-28-72(91)116)88(134)111-42-54(115)36-71(111)85(131)100-60(33-50-38-94-57-18-13-11-16-55(50)57)80(126)104-65(44-113)82(128)103-63(87(133)108(6)70(20-10-8-2)90(136)107(68)5)34-51-41-109(43-76(121)122)67-21-14-12-17-56(51)67/h11-14,16-18,21,23-26,38-39,41,47-48,54,58-66,68-71,94,112-115H,7-10,15,19-20,22,27-37,40,42-46H2,1-6H3,(H2,91,116)(H2,92,117)(H,93,96)(H,95,124)(H,97,118)(H,98,129)(H,99,127)(H,100,131)(H,101,130)(H,102,123)(H,103,128)(H,104,126)(H,105,125)(H,119,120)(H,121,122)/t48-,54+,58-,59-,60-,61-,62-,63-,64+,65-,66-,68-,69-,70-,71-/m0/s1. The first-order valence-corrected chi connectivity index (χ1v) is 46.2. The van der Waals surface area contributed by atoms with E-state index < -0.39 is 299 Å². The molecule has 3 fully saturated rings. The molecule has 137 heavy (non-hydrogen) atoms. The van der Waals surface area contributed by atoms with Crippen LogP contribution in [0.1, 0.15) is 127 Å². The van der Waals surface area contributed by atoms with E-state index in [1.807, 2.05) is 0 Å². The maximum absolute atomic E-state index is 15.8. The van der Waals surface area contributed by atoms with Crippen molar-refractivity contribution in [3.8, 4) is 5.75 Å². The van der Waals surface area contributed by atoms with E-state index in [2.05, 4.69) is 68.1 Å². The number of likely N-dealkylation sites (N-methyl/N-ethyl adjacent to an activating group) is 3. The number of nitrogens with one attached hydrogen (secondary N) is 12. The average Bonchev–Trinajstić information content (AvgIpc) is 1.64. The Morgan fingerprint density at radius 2 is 1.12 bits per heavy atom. The van der Waals surface area contributed by atoms with Crippen LogP contribution < -0.4 is 64.6 Å². The number of aromatic hydroxyl groups is 1. The molecule has 3 saturated heterocycles. The van der Waals surface area contributed by atoms with Gasteiger partial charge in [-0.25, -0.2) is 4.98 Å². The highest BCUT2D eigenvalue weighted by atomic mass is 32.2. The topological polar surface area (TPSA) is 684 Å². The van der Waals surface area contributed by atoms with Gasteiger partial charge in [-0.1, -0.05) is 88.1 Å². The molecule has 47 heteroatoms. The third kappa shape index (κ3) is 29.2. The van der Waals surface area contributed by atoms with Gasteiger partial charge in [-0.15, -0.1) is 11.8 Å². The molecule has 3 aliphatic rings. The van der Waals surface area contributed by atoms with E-state index >= 15 is 38.4 Å². The molecule has 0 aliphatic carbocycles. The highest BCUT2D eigenvalue weighted by molar-refractivity contribution is 8.00. The first kappa shape index (κ1) is 107. The number of carbonyl (C=O) groups excluding carboxylic acids is 17. The number of para-hydroxylation sites is 2. The summed E-state index contributed by atoms with van der Waals surface area (Å²) in [7, 11) is 3.69. The number of rotatable bonds is 27. The number of primary amides is 2. The third-order valence-electron chi connectivity index (χ3n) is 24.2. The zero-order valence-electron chi connectivity index (χ0n) is 76.7. The minimum atomic E-state index is -2.01. The lowest BCUT2D eigenvalue weighted by Crippen LogP contribution is -2.62. The van der Waals surface area contributed by atoms with Crippen molar-refractivity contribution in [2.75, 3.05) is 65.5 Å². The van der Waals surface area contributed by atoms with Crippen LogP contribution in [-0.4, -0.2) is 343 Å². The summed E-state index contributed by atoms with van der Waals surface area (Å²) in [5, 5.41) is 90.0. The van der Waals surface area contributed by atoms with Gasteiger partial charge in [0.2, 0.25) is 100 Å². The molecule has 0 bridgehead atoms. The van der Waals surface area contributed by atoms with E-state index in [-0.39, 0.29) is 68.5 Å². The smallest absolute Gasteiger partial charge is 0.323 e. The van der Waals surface area contributed by atoms with E-state index in [9.17, 15) is 83.4 Å². The van der Waals surface area contributed by atoms with Crippen LogP contribution >= 0.6 is 11.8 Å². The second-order valence-electron chi connectivity index (χ2n) is 34.1. The molecular formula is C90H121N21O25S. The van der Waals surface area contributed by atoms with Gasteiger partial charge in [-0.2, -0.15) is 0 Å². The van der Waals surface area contributed by atoms with Crippen LogP contribution in [0.3, 0.4) is 0 Å². The van der Waals surface area contributed by atoms with Gasteiger partial charge in [-0.3, -0.25) is 91.1 Å². The summed E-state index contributed by atoms with van der Waals surface area (Å²) < 4.78 is 1.38. The van der Waals surface area contributed by atoms with Crippen molar-refractivity contribution in [2.24, 2.45) is 11.5 Å². The quantitative estimate of drug-likeness (QED) is 0.0231. The number of aliphatic hydroxyl groups is 3. The molecule has 15 atom stereocenters. The van der Waals surface area contributed by atoms with E-state index in [1.54, 1.807) is 62.4 Å². The molecule has 0 radical (unpaired) electrons. The fraction of sp³-hybridized carbons (Fsp3) is 0.511. The molecule has 46 nitrogen and oxygen atoms in total. The number of carboxylic acids is 2. The number of nitrogens with zero attached hydrogens (tertiary/aromatic N) is 7. The number of phenolic OH excluding ortho intramolecular Hbond substituents is 1. The average molecular weight is 1930 g/mol. The number of carbonyl (C=O) groups is 19. The molecule has 0 saturated carbocycles. The molecule has 3 aromatic heterocycles. The number of amides is 17. The number of aliphatic carboxylic acids is 2. The molecular weight excluding hydrogens is 1810 g/mol. The third-order valence-corrected chi connectivity index (χ3v) is 25.2. The van der Waals surface area contributed by atoms with Crippen LogP contribution in [0.2, 0.25) is 0 Å². The van der Waals surface area contributed by atoms with E-state index in [1.165, 1.54) is 74.8 Å². The number of nitrogens with two attached hydrogens (primary N) is 2. The number of phenols is 1. The van der Waals surface area contributed by atoms with Gasteiger partial charge in [0, 0.05) is 131 Å². The van der Waals surface area contributed by atoms with Crippen LogP contribution in [0.5, 0.6) is 5.75 Å². The van der Waals surface area contributed by atoms with Gasteiger partial charge >= 0.3 is 11.9 Å². The molecule has 742 valence electrons.